The van der Waals surface area contributed by atoms with Gasteiger partial charge in [0.2, 0.25) is 0 Å². The smallest absolute Gasteiger partial charge is 0.0885 e. The zero-order valence-corrected chi connectivity index (χ0v) is 15.2. The summed E-state index contributed by atoms with van der Waals surface area (Å²) in [5, 5.41) is 3.70. The highest BCUT2D eigenvalue weighted by molar-refractivity contribution is 5.25. The summed E-state index contributed by atoms with van der Waals surface area (Å²) < 4.78 is 6.07. The Morgan fingerprint density at radius 3 is 2.15 bits per heavy atom. The van der Waals surface area contributed by atoms with Crippen molar-refractivity contribution in [1.82, 2.24) is 0 Å². The maximum absolute atomic E-state index is 8.64. The minimum Gasteiger partial charge on any atom is -0.369 e. The molecule has 0 aromatic heterocycles. The van der Waals surface area contributed by atoms with E-state index in [9.17, 15) is 0 Å². The highest BCUT2D eigenvalue weighted by atomic mass is 16.5. The monoisotopic (exact) mass is 357 g/mol. The summed E-state index contributed by atoms with van der Waals surface area (Å²) in [5.74, 6) is 0. The highest BCUT2D eigenvalue weighted by Gasteiger charge is 2.11. The van der Waals surface area contributed by atoms with E-state index in [1.165, 1.54) is 11.1 Å². The van der Waals surface area contributed by atoms with Gasteiger partial charge in [-0.25, -0.2) is 0 Å². The van der Waals surface area contributed by atoms with Crippen LogP contribution in [0, 0.1) is 0 Å². The highest BCUT2D eigenvalue weighted by Crippen LogP contribution is 2.20. The van der Waals surface area contributed by atoms with Crippen LogP contribution in [-0.4, -0.2) is 6.54 Å². The zero-order valence-electron chi connectivity index (χ0n) is 15.2. The molecule has 0 amide bonds. The molecule has 0 saturated carbocycles. The summed E-state index contributed by atoms with van der Waals surface area (Å²) in [7, 11) is 0. The Labute approximate surface area is 160 Å². The quantitative estimate of drug-likeness (QED) is 0.262. The first-order valence-corrected chi connectivity index (χ1v) is 9.14. The molecule has 3 aromatic carbocycles. The third-order valence-corrected chi connectivity index (χ3v) is 4.47. The third kappa shape index (κ3) is 6.00. The van der Waals surface area contributed by atoms with Gasteiger partial charge in [0, 0.05) is 4.91 Å². The predicted molar refractivity (Wildman–Crippen MR) is 108 cm³/mol. The standard InChI is InChI=1S/C23H23N3O/c24-26-25-17-23(22-12-5-2-6-13-22)27-18-21-11-7-10-20(16-21)15-14-19-8-3-1-4-9-19/h1-13,16,23H,14-15,17-18H2. The number of rotatable bonds is 9. The van der Waals surface area contributed by atoms with Gasteiger partial charge in [-0.05, 0) is 40.6 Å². The molecule has 0 N–H and O–H groups in total. The van der Waals surface area contributed by atoms with Crippen molar-refractivity contribution >= 4 is 0 Å². The molecule has 0 saturated heterocycles. The van der Waals surface area contributed by atoms with E-state index in [1.54, 1.807) is 0 Å². The van der Waals surface area contributed by atoms with E-state index in [0.717, 1.165) is 24.0 Å². The van der Waals surface area contributed by atoms with Gasteiger partial charge >= 0.3 is 0 Å². The van der Waals surface area contributed by atoms with Crippen molar-refractivity contribution in [3.05, 3.63) is 118 Å². The molecule has 1 unspecified atom stereocenters. The molecule has 3 rings (SSSR count). The van der Waals surface area contributed by atoms with Crippen LogP contribution in [-0.2, 0) is 24.2 Å². The van der Waals surface area contributed by atoms with Crippen LogP contribution in [0.4, 0.5) is 0 Å². The molecule has 0 bridgehead atoms. The van der Waals surface area contributed by atoms with Gasteiger partial charge in [-0.3, -0.25) is 0 Å². The van der Waals surface area contributed by atoms with Crippen molar-refractivity contribution < 1.29 is 4.74 Å². The first-order valence-electron chi connectivity index (χ1n) is 9.14. The van der Waals surface area contributed by atoms with Crippen molar-refractivity contribution in [3.63, 3.8) is 0 Å². The average molecular weight is 357 g/mol. The summed E-state index contributed by atoms with van der Waals surface area (Å²) >= 11 is 0. The lowest BCUT2D eigenvalue weighted by Gasteiger charge is -2.16. The Morgan fingerprint density at radius 2 is 1.41 bits per heavy atom. The molecule has 3 aromatic rings. The molecular formula is C23H23N3O. The van der Waals surface area contributed by atoms with Crippen LogP contribution >= 0.6 is 0 Å². The Hall–Kier alpha value is -3.07. The number of aryl methyl sites for hydroxylation is 2. The molecule has 0 heterocycles. The van der Waals surface area contributed by atoms with E-state index in [-0.39, 0.29) is 12.6 Å². The summed E-state index contributed by atoms with van der Waals surface area (Å²) in [5.41, 5.74) is 13.4. The molecule has 27 heavy (non-hydrogen) atoms. The maximum Gasteiger partial charge on any atom is 0.0885 e. The molecule has 136 valence electrons. The zero-order chi connectivity index (χ0) is 18.7. The van der Waals surface area contributed by atoms with E-state index in [4.69, 9.17) is 10.3 Å². The Kier molecular flexibility index (Phi) is 7.05. The topological polar surface area (TPSA) is 58.0 Å². The summed E-state index contributed by atoms with van der Waals surface area (Å²) in [6, 6.07) is 28.9. The van der Waals surface area contributed by atoms with Crippen molar-refractivity contribution in [2.45, 2.75) is 25.6 Å². The second-order valence-corrected chi connectivity index (χ2v) is 6.43. The van der Waals surface area contributed by atoms with E-state index < -0.39 is 0 Å². The molecule has 1 atom stereocenters. The molecule has 0 radical (unpaired) electrons. The molecule has 0 aliphatic heterocycles. The van der Waals surface area contributed by atoms with E-state index in [1.807, 2.05) is 36.4 Å². The maximum atomic E-state index is 8.64. The lowest BCUT2D eigenvalue weighted by atomic mass is 10.0. The van der Waals surface area contributed by atoms with Gasteiger partial charge in [0.1, 0.15) is 0 Å². The first kappa shape index (κ1) is 18.7. The van der Waals surface area contributed by atoms with E-state index in [0.29, 0.717) is 6.61 Å². The molecule has 0 spiro atoms. The fourth-order valence-electron chi connectivity index (χ4n) is 3.04. The largest absolute Gasteiger partial charge is 0.369 e. The van der Waals surface area contributed by atoms with Gasteiger partial charge in [-0.2, -0.15) is 0 Å². The van der Waals surface area contributed by atoms with Crippen molar-refractivity contribution in [3.8, 4) is 0 Å². The molecule has 4 nitrogen and oxygen atoms in total. The van der Waals surface area contributed by atoms with Crippen LogP contribution in [0.15, 0.2) is 90.0 Å². The van der Waals surface area contributed by atoms with Crippen LogP contribution in [0.25, 0.3) is 10.4 Å². The summed E-state index contributed by atoms with van der Waals surface area (Å²) in [6.45, 7) is 0.772. The number of ether oxygens (including phenoxy) is 1. The Bertz CT molecular complexity index is 874. The fraction of sp³-hybridized carbons (Fsp3) is 0.217. The van der Waals surface area contributed by atoms with Crippen LogP contribution in [0.5, 0.6) is 0 Å². The van der Waals surface area contributed by atoms with Gasteiger partial charge in [-0.15, -0.1) is 0 Å². The van der Waals surface area contributed by atoms with Crippen molar-refractivity contribution in [2.75, 3.05) is 6.54 Å². The van der Waals surface area contributed by atoms with Crippen LogP contribution in [0.2, 0.25) is 0 Å². The van der Waals surface area contributed by atoms with Gasteiger partial charge in [0.25, 0.3) is 0 Å². The number of azide groups is 1. The van der Waals surface area contributed by atoms with Crippen molar-refractivity contribution in [1.29, 1.82) is 0 Å². The van der Waals surface area contributed by atoms with Crippen LogP contribution < -0.4 is 0 Å². The normalized spacial score (nSPS) is 11.6. The first-order chi connectivity index (χ1) is 13.3. The second kappa shape index (κ2) is 10.2. The summed E-state index contributed by atoms with van der Waals surface area (Å²) in [6.07, 6.45) is 1.78. The number of hydrogen-bond donors (Lipinski definition) is 0. The minimum atomic E-state index is -0.241. The third-order valence-electron chi connectivity index (χ3n) is 4.47. The number of benzene rings is 3. The Morgan fingerprint density at radius 1 is 0.778 bits per heavy atom. The van der Waals surface area contributed by atoms with Crippen LogP contribution in [0.1, 0.15) is 28.4 Å². The molecule has 0 fully saturated rings. The molecule has 0 aliphatic rings. The van der Waals surface area contributed by atoms with Gasteiger partial charge in [0.15, 0.2) is 0 Å². The number of nitrogens with zero attached hydrogens (tertiary/aromatic N) is 3. The minimum absolute atomic E-state index is 0.241. The number of hydrogen-bond acceptors (Lipinski definition) is 2. The van der Waals surface area contributed by atoms with Crippen molar-refractivity contribution in [2.24, 2.45) is 5.11 Å². The lowest BCUT2D eigenvalue weighted by Crippen LogP contribution is -2.08. The lowest BCUT2D eigenvalue weighted by molar-refractivity contribution is 0.0457. The predicted octanol–water partition coefficient (Wildman–Crippen LogP) is 6.04. The second-order valence-electron chi connectivity index (χ2n) is 6.43. The molecule has 0 aliphatic carbocycles. The fourth-order valence-corrected chi connectivity index (χ4v) is 3.04. The average Bonchev–Trinajstić information content (AvgIpc) is 2.74. The van der Waals surface area contributed by atoms with Gasteiger partial charge in [-0.1, -0.05) is 90.0 Å². The van der Waals surface area contributed by atoms with Gasteiger partial charge in [0.05, 0.1) is 19.3 Å². The van der Waals surface area contributed by atoms with E-state index in [2.05, 4.69) is 58.6 Å². The SMILES string of the molecule is [N-]=[N+]=NCC(OCc1cccc(CCc2ccccc2)c1)c1ccccc1. The van der Waals surface area contributed by atoms with E-state index >= 15 is 0 Å². The molecular weight excluding hydrogens is 334 g/mol. The van der Waals surface area contributed by atoms with Gasteiger partial charge < -0.3 is 4.74 Å². The Balaban J connectivity index is 1.61. The summed E-state index contributed by atoms with van der Waals surface area (Å²) in [4.78, 5) is 2.87. The molecule has 4 heteroatoms. The van der Waals surface area contributed by atoms with Crippen LogP contribution in [0.3, 0.4) is 0 Å².